The van der Waals surface area contributed by atoms with Crippen molar-refractivity contribution in [3.63, 3.8) is 0 Å². The molecule has 2 aromatic carbocycles. The molecule has 0 amide bonds. The van der Waals surface area contributed by atoms with Gasteiger partial charge >= 0.3 is 0 Å². The Hall–Kier alpha value is -3.02. The summed E-state index contributed by atoms with van der Waals surface area (Å²) < 4.78 is 10.7. The minimum absolute atomic E-state index is 0.180. The zero-order valence-electron chi connectivity index (χ0n) is 14.0. The van der Waals surface area contributed by atoms with Crippen LogP contribution in [0.1, 0.15) is 11.1 Å². The van der Waals surface area contributed by atoms with Gasteiger partial charge in [0.25, 0.3) is 0 Å². The Bertz CT molecular complexity index is 886. The summed E-state index contributed by atoms with van der Waals surface area (Å²) in [6.07, 6.45) is 1.47. The van der Waals surface area contributed by atoms with Crippen molar-refractivity contribution in [1.82, 2.24) is 9.97 Å². The third-order valence-electron chi connectivity index (χ3n) is 3.84. The van der Waals surface area contributed by atoms with E-state index in [2.05, 4.69) is 15.3 Å². The van der Waals surface area contributed by atoms with Crippen LogP contribution < -0.4 is 14.8 Å². The standard InChI is InChI=1S/C18H19N3O3/c1-10-5-11(2)17(14(22)6-10)21-18-12-7-15(23-3)16(24-4)8-13(12)19-9-20-18/h5-9,22H,1-4H3,(H,19,20,21). The first-order chi connectivity index (χ1) is 11.5. The number of aromatic nitrogens is 2. The number of aromatic hydroxyl groups is 1. The van der Waals surface area contributed by atoms with Crippen LogP contribution in [0, 0.1) is 13.8 Å². The summed E-state index contributed by atoms with van der Waals surface area (Å²) >= 11 is 0. The Morgan fingerprint density at radius 3 is 2.33 bits per heavy atom. The number of hydrogen-bond acceptors (Lipinski definition) is 6. The van der Waals surface area contributed by atoms with Gasteiger partial charge in [0.2, 0.25) is 0 Å². The van der Waals surface area contributed by atoms with Crippen molar-refractivity contribution < 1.29 is 14.6 Å². The van der Waals surface area contributed by atoms with Crippen molar-refractivity contribution in [2.75, 3.05) is 19.5 Å². The van der Waals surface area contributed by atoms with Crippen molar-refractivity contribution >= 4 is 22.4 Å². The highest BCUT2D eigenvalue weighted by atomic mass is 16.5. The van der Waals surface area contributed by atoms with Gasteiger partial charge in [-0.15, -0.1) is 0 Å². The highest BCUT2D eigenvalue weighted by molar-refractivity contribution is 5.93. The molecule has 0 fully saturated rings. The third kappa shape index (κ3) is 2.78. The van der Waals surface area contributed by atoms with E-state index in [9.17, 15) is 5.11 Å². The first kappa shape index (κ1) is 15.9. The highest BCUT2D eigenvalue weighted by Gasteiger charge is 2.13. The minimum atomic E-state index is 0.180. The van der Waals surface area contributed by atoms with E-state index in [4.69, 9.17) is 9.47 Å². The number of nitrogens with zero attached hydrogens (tertiary/aromatic N) is 2. The number of hydrogen-bond donors (Lipinski definition) is 2. The molecule has 0 spiro atoms. The Morgan fingerprint density at radius 1 is 0.958 bits per heavy atom. The fourth-order valence-corrected chi connectivity index (χ4v) is 2.71. The Kier molecular flexibility index (Phi) is 4.12. The molecule has 1 heterocycles. The normalized spacial score (nSPS) is 10.7. The SMILES string of the molecule is COc1cc2ncnc(Nc3c(C)cc(C)cc3O)c2cc1OC. The first-order valence-corrected chi connectivity index (χ1v) is 7.47. The summed E-state index contributed by atoms with van der Waals surface area (Å²) in [7, 11) is 3.16. The number of ether oxygens (including phenoxy) is 2. The lowest BCUT2D eigenvalue weighted by Gasteiger charge is -2.14. The van der Waals surface area contributed by atoms with E-state index in [0.717, 1.165) is 22.0 Å². The Labute approximate surface area is 140 Å². The maximum Gasteiger partial charge on any atom is 0.162 e. The van der Waals surface area contributed by atoms with Crippen LogP contribution in [-0.4, -0.2) is 29.3 Å². The average molecular weight is 325 g/mol. The minimum Gasteiger partial charge on any atom is -0.506 e. The fourth-order valence-electron chi connectivity index (χ4n) is 2.71. The molecule has 0 aliphatic heterocycles. The number of nitrogens with one attached hydrogen (secondary N) is 1. The number of benzene rings is 2. The van der Waals surface area contributed by atoms with E-state index in [0.29, 0.717) is 23.0 Å². The lowest BCUT2D eigenvalue weighted by Crippen LogP contribution is -2.00. The molecule has 0 saturated heterocycles. The summed E-state index contributed by atoms with van der Waals surface area (Å²) in [5, 5.41) is 14.2. The number of rotatable bonds is 4. The van der Waals surface area contributed by atoms with Crippen LogP contribution in [0.5, 0.6) is 17.2 Å². The van der Waals surface area contributed by atoms with E-state index in [1.807, 2.05) is 26.0 Å². The summed E-state index contributed by atoms with van der Waals surface area (Å²) in [5.41, 5.74) is 3.26. The third-order valence-corrected chi connectivity index (χ3v) is 3.84. The first-order valence-electron chi connectivity index (χ1n) is 7.47. The van der Waals surface area contributed by atoms with Crippen molar-refractivity contribution in [1.29, 1.82) is 0 Å². The van der Waals surface area contributed by atoms with E-state index < -0.39 is 0 Å². The van der Waals surface area contributed by atoms with E-state index in [1.54, 1.807) is 26.4 Å². The van der Waals surface area contributed by atoms with Crippen molar-refractivity contribution in [2.45, 2.75) is 13.8 Å². The molecular formula is C18H19N3O3. The Morgan fingerprint density at radius 2 is 1.67 bits per heavy atom. The van der Waals surface area contributed by atoms with Crippen LogP contribution in [0.4, 0.5) is 11.5 Å². The second-order valence-corrected chi connectivity index (χ2v) is 5.55. The number of phenolic OH excluding ortho intramolecular Hbond substituents is 1. The number of methoxy groups -OCH3 is 2. The molecule has 0 atom stereocenters. The maximum atomic E-state index is 10.2. The van der Waals surface area contributed by atoms with E-state index in [1.165, 1.54) is 6.33 Å². The fraction of sp³-hybridized carbons (Fsp3) is 0.222. The van der Waals surface area contributed by atoms with Crippen LogP contribution in [0.25, 0.3) is 10.9 Å². The second-order valence-electron chi connectivity index (χ2n) is 5.55. The quantitative estimate of drug-likeness (QED) is 0.712. The van der Waals surface area contributed by atoms with Crippen molar-refractivity contribution in [3.8, 4) is 17.2 Å². The van der Waals surface area contributed by atoms with Gasteiger partial charge in [-0.25, -0.2) is 9.97 Å². The van der Waals surface area contributed by atoms with Crippen LogP contribution in [0.2, 0.25) is 0 Å². The molecule has 0 saturated carbocycles. The predicted octanol–water partition coefficient (Wildman–Crippen LogP) is 3.71. The highest BCUT2D eigenvalue weighted by Crippen LogP contribution is 2.36. The summed E-state index contributed by atoms with van der Waals surface area (Å²) in [6.45, 7) is 3.87. The topological polar surface area (TPSA) is 76.5 Å². The molecule has 0 radical (unpaired) electrons. The molecule has 0 aliphatic rings. The summed E-state index contributed by atoms with van der Waals surface area (Å²) in [5.74, 6) is 1.96. The van der Waals surface area contributed by atoms with Gasteiger partial charge in [-0.2, -0.15) is 0 Å². The van der Waals surface area contributed by atoms with Crippen LogP contribution in [0.3, 0.4) is 0 Å². The largest absolute Gasteiger partial charge is 0.506 e. The van der Waals surface area contributed by atoms with Gasteiger partial charge in [0.15, 0.2) is 11.5 Å². The molecule has 6 nitrogen and oxygen atoms in total. The van der Waals surface area contributed by atoms with Crippen molar-refractivity contribution in [2.24, 2.45) is 0 Å². The molecule has 0 unspecified atom stereocenters. The van der Waals surface area contributed by atoms with Gasteiger partial charge in [0, 0.05) is 11.5 Å². The van der Waals surface area contributed by atoms with Gasteiger partial charge in [-0.1, -0.05) is 6.07 Å². The van der Waals surface area contributed by atoms with Gasteiger partial charge < -0.3 is 19.9 Å². The number of aryl methyl sites for hydroxylation is 2. The zero-order chi connectivity index (χ0) is 17.3. The summed E-state index contributed by atoms with van der Waals surface area (Å²) in [6, 6.07) is 7.32. The Balaban J connectivity index is 2.14. The zero-order valence-corrected chi connectivity index (χ0v) is 14.0. The molecule has 6 heteroatoms. The molecular weight excluding hydrogens is 306 g/mol. The van der Waals surface area contributed by atoms with Crippen LogP contribution in [-0.2, 0) is 0 Å². The van der Waals surface area contributed by atoms with Gasteiger partial charge in [-0.05, 0) is 37.1 Å². The maximum absolute atomic E-state index is 10.2. The van der Waals surface area contributed by atoms with E-state index >= 15 is 0 Å². The predicted molar refractivity (Wildman–Crippen MR) is 93.5 cm³/mol. The molecule has 1 aromatic heterocycles. The molecule has 0 aliphatic carbocycles. The number of anilines is 2. The van der Waals surface area contributed by atoms with Gasteiger partial charge in [-0.3, -0.25) is 0 Å². The number of phenols is 1. The molecule has 24 heavy (non-hydrogen) atoms. The smallest absolute Gasteiger partial charge is 0.162 e. The van der Waals surface area contributed by atoms with E-state index in [-0.39, 0.29) is 5.75 Å². The van der Waals surface area contributed by atoms with Crippen LogP contribution >= 0.6 is 0 Å². The molecule has 2 N–H and O–H groups in total. The average Bonchev–Trinajstić information content (AvgIpc) is 2.56. The molecule has 3 aromatic rings. The second kappa shape index (κ2) is 6.23. The lowest BCUT2D eigenvalue weighted by atomic mass is 10.1. The van der Waals surface area contributed by atoms with Gasteiger partial charge in [0.1, 0.15) is 17.9 Å². The summed E-state index contributed by atoms with van der Waals surface area (Å²) in [4.78, 5) is 8.59. The lowest BCUT2D eigenvalue weighted by molar-refractivity contribution is 0.356. The van der Waals surface area contributed by atoms with Crippen molar-refractivity contribution in [3.05, 3.63) is 41.7 Å². The monoisotopic (exact) mass is 325 g/mol. The number of fused-ring (bicyclic) bond motifs is 1. The molecule has 124 valence electrons. The molecule has 3 rings (SSSR count). The van der Waals surface area contributed by atoms with Gasteiger partial charge in [0.05, 0.1) is 25.4 Å². The van der Waals surface area contributed by atoms with Crippen LogP contribution in [0.15, 0.2) is 30.6 Å². The molecule has 0 bridgehead atoms.